The lowest BCUT2D eigenvalue weighted by atomic mass is 10.1. The van der Waals surface area contributed by atoms with Crippen LogP contribution in [0.5, 0.6) is 0 Å². The van der Waals surface area contributed by atoms with Gasteiger partial charge in [-0.1, -0.05) is 21.1 Å². The monoisotopic (exact) mass is 273 g/mol. The van der Waals surface area contributed by atoms with E-state index in [0.717, 1.165) is 6.07 Å². The smallest absolute Gasteiger partial charge is 0.170 e. The molecule has 0 bridgehead atoms. The van der Waals surface area contributed by atoms with Gasteiger partial charge in [0.1, 0.15) is 11.6 Å². The molecule has 0 fully saturated rings. The quantitative estimate of drug-likeness (QED) is 0.783. The van der Waals surface area contributed by atoms with Crippen molar-refractivity contribution in [3.8, 4) is 11.3 Å². The van der Waals surface area contributed by atoms with Crippen molar-refractivity contribution in [1.82, 2.24) is 5.16 Å². The number of rotatable bonds is 2. The molecule has 0 aliphatic rings. The van der Waals surface area contributed by atoms with Crippen molar-refractivity contribution in [3.63, 3.8) is 0 Å². The van der Waals surface area contributed by atoms with Crippen LogP contribution in [-0.4, -0.2) is 5.16 Å². The molecule has 1 heterocycles. The van der Waals surface area contributed by atoms with Crippen LogP contribution in [0.4, 0.5) is 8.78 Å². The number of aromatic nitrogens is 1. The number of hydrogen-bond donors (Lipinski definition) is 0. The van der Waals surface area contributed by atoms with Gasteiger partial charge in [0, 0.05) is 17.5 Å². The standard InChI is InChI=1S/C10H6BrF2NO/c11-5-7-4-10(15-14-7)8-2-1-6(12)3-9(8)13/h1-4H,5H2. The van der Waals surface area contributed by atoms with E-state index in [2.05, 4.69) is 21.1 Å². The van der Waals surface area contributed by atoms with Crippen LogP contribution in [0.15, 0.2) is 28.8 Å². The van der Waals surface area contributed by atoms with Crippen LogP contribution in [0.2, 0.25) is 0 Å². The molecule has 0 radical (unpaired) electrons. The zero-order valence-corrected chi connectivity index (χ0v) is 9.09. The Morgan fingerprint density at radius 1 is 1.27 bits per heavy atom. The summed E-state index contributed by atoms with van der Waals surface area (Å²) in [5.41, 5.74) is 0.866. The molecule has 1 aromatic heterocycles. The number of hydrogen-bond acceptors (Lipinski definition) is 2. The fourth-order valence-electron chi connectivity index (χ4n) is 1.19. The summed E-state index contributed by atoms with van der Waals surface area (Å²) < 4.78 is 30.9. The topological polar surface area (TPSA) is 26.0 Å². The van der Waals surface area contributed by atoms with Crippen molar-refractivity contribution in [2.75, 3.05) is 0 Å². The predicted molar refractivity (Wildman–Crippen MR) is 54.5 cm³/mol. The van der Waals surface area contributed by atoms with Crippen molar-refractivity contribution in [2.45, 2.75) is 5.33 Å². The maximum atomic E-state index is 13.3. The highest BCUT2D eigenvalue weighted by atomic mass is 79.9. The molecule has 2 rings (SSSR count). The third kappa shape index (κ3) is 2.07. The molecule has 0 N–H and O–H groups in total. The summed E-state index contributed by atoms with van der Waals surface area (Å²) >= 11 is 3.20. The van der Waals surface area contributed by atoms with E-state index in [-0.39, 0.29) is 5.56 Å². The van der Waals surface area contributed by atoms with Gasteiger partial charge < -0.3 is 4.52 Å². The molecule has 0 saturated carbocycles. The highest BCUT2D eigenvalue weighted by molar-refractivity contribution is 9.08. The molecule has 0 unspecified atom stereocenters. The molecule has 0 amide bonds. The molecular weight excluding hydrogens is 268 g/mol. The molecule has 5 heteroatoms. The first-order chi connectivity index (χ1) is 7.20. The second kappa shape index (κ2) is 4.10. The lowest BCUT2D eigenvalue weighted by Gasteiger charge is -1.97. The first-order valence-corrected chi connectivity index (χ1v) is 5.30. The number of benzene rings is 1. The molecule has 78 valence electrons. The van der Waals surface area contributed by atoms with E-state index in [9.17, 15) is 8.78 Å². The van der Waals surface area contributed by atoms with Crippen LogP contribution in [0.25, 0.3) is 11.3 Å². The van der Waals surface area contributed by atoms with Gasteiger partial charge in [-0.2, -0.15) is 0 Å². The van der Waals surface area contributed by atoms with Gasteiger partial charge in [0.25, 0.3) is 0 Å². The van der Waals surface area contributed by atoms with Gasteiger partial charge >= 0.3 is 0 Å². The van der Waals surface area contributed by atoms with E-state index < -0.39 is 11.6 Å². The maximum absolute atomic E-state index is 13.3. The summed E-state index contributed by atoms with van der Waals surface area (Å²) in [6.45, 7) is 0. The second-order valence-corrected chi connectivity index (χ2v) is 3.50. The molecule has 0 atom stereocenters. The lowest BCUT2D eigenvalue weighted by molar-refractivity contribution is 0.424. The summed E-state index contributed by atoms with van der Waals surface area (Å²) in [5.74, 6) is -0.981. The lowest BCUT2D eigenvalue weighted by Crippen LogP contribution is -1.84. The van der Waals surface area contributed by atoms with Gasteiger partial charge in [-0.3, -0.25) is 0 Å². The molecule has 0 saturated heterocycles. The van der Waals surface area contributed by atoms with Crippen LogP contribution in [-0.2, 0) is 5.33 Å². The highest BCUT2D eigenvalue weighted by Crippen LogP contribution is 2.24. The molecule has 2 aromatic rings. The van der Waals surface area contributed by atoms with Crippen molar-refractivity contribution >= 4 is 15.9 Å². The Hall–Kier alpha value is -1.23. The average Bonchev–Trinajstić information content (AvgIpc) is 2.66. The summed E-state index contributed by atoms with van der Waals surface area (Å²) in [6.07, 6.45) is 0. The first kappa shape index (κ1) is 10.3. The summed E-state index contributed by atoms with van der Waals surface area (Å²) in [5, 5.41) is 4.22. The first-order valence-electron chi connectivity index (χ1n) is 4.17. The van der Waals surface area contributed by atoms with Crippen LogP contribution < -0.4 is 0 Å². The number of halogens is 3. The Balaban J connectivity index is 2.44. The Kier molecular flexibility index (Phi) is 2.81. The fourth-order valence-corrected chi connectivity index (χ4v) is 1.46. The Morgan fingerprint density at radius 2 is 2.07 bits per heavy atom. The van der Waals surface area contributed by atoms with E-state index >= 15 is 0 Å². The third-order valence-corrected chi connectivity index (χ3v) is 2.47. The SMILES string of the molecule is Fc1ccc(-c2cc(CBr)no2)c(F)c1. The minimum Gasteiger partial charge on any atom is -0.356 e. The summed E-state index contributed by atoms with van der Waals surface area (Å²) in [7, 11) is 0. The Bertz CT molecular complexity index is 484. The largest absolute Gasteiger partial charge is 0.356 e. The third-order valence-electron chi connectivity index (χ3n) is 1.89. The van der Waals surface area contributed by atoms with Crippen molar-refractivity contribution in [2.24, 2.45) is 0 Å². The van der Waals surface area contributed by atoms with Gasteiger partial charge in [0.2, 0.25) is 0 Å². The van der Waals surface area contributed by atoms with Crippen molar-refractivity contribution in [1.29, 1.82) is 0 Å². The predicted octanol–water partition coefficient (Wildman–Crippen LogP) is 3.51. The minimum absolute atomic E-state index is 0.205. The van der Waals surface area contributed by atoms with Crippen LogP contribution in [0.3, 0.4) is 0 Å². The summed E-state index contributed by atoms with van der Waals surface area (Å²) in [4.78, 5) is 0. The van der Waals surface area contributed by atoms with Gasteiger partial charge in [0.05, 0.1) is 11.3 Å². The molecule has 15 heavy (non-hydrogen) atoms. The fraction of sp³-hybridized carbons (Fsp3) is 0.100. The summed E-state index contributed by atoms with van der Waals surface area (Å²) in [6, 6.07) is 4.91. The maximum Gasteiger partial charge on any atom is 0.170 e. The average molecular weight is 274 g/mol. The van der Waals surface area contributed by atoms with E-state index in [1.807, 2.05) is 0 Å². The van der Waals surface area contributed by atoms with E-state index in [0.29, 0.717) is 16.8 Å². The Morgan fingerprint density at radius 3 is 2.67 bits per heavy atom. The molecule has 0 spiro atoms. The van der Waals surface area contributed by atoms with Crippen LogP contribution in [0, 0.1) is 11.6 Å². The number of alkyl halides is 1. The van der Waals surface area contributed by atoms with Gasteiger partial charge in [0.15, 0.2) is 5.76 Å². The molecule has 1 aromatic carbocycles. The molecule has 0 aliphatic carbocycles. The second-order valence-electron chi connectivity index (χ2n) is 2.94. The molecular formula is C10H6BrF2NO. The zero-order valence-electron chi connectivity index (χ0n) is 7.51. The van der Waals surface area contributed by atoms with Crippen molar-refractivity contribution in [3.05, 3.63) is 41.6 Å². The Labute approximate surface area is 93.0 Å². The van der Waals surface area contributed by atoms with Crippen LogP contribution in [0.1, 0.15) is 5.69 Å². The van der Waals surface area contributed by atoms with Gasteiger partial charge in [-0.25, -0.2) is 8.78 Å². The number of nitrogens with zero attached hydrogens (tertiary/aromatic N) is 1. The van der Waals surface area contributed by atoms with Crippen molar-refractivity contribution < 1.29 is 13.3 Å². The van der Waals surface area contributed by atoms with E-state index in [4.69, 9.17) is 4.52 Å². The minimum atomic E-state index is -0.660. The van der Waals surface area contributed by atoms with Crippen LogP contribution >= 0.6 is 15.9 Å². The van der Waals surface area contributed by atoms with E-state index in [1.165, 1.54) is 12.1 Å². The normalized spacial score (nSPS) is 10.6. The molecule has 2 nitrogen and oxygen atoms in total. The van der Waals surface area contributed by atoms with Gasteiger partial charge in [-0.15, -0.1) is 0 Å². The van der Waals surface area contributed by atoms with Gasteiger partial charge in [-0.05, 0) is 12.1 Å². The van der Waals surface area contributed by atoms with E-state index in [1.54, 1.807) is 6.07 Å². The highest BCUT2D eigenvalue weighted by Gasteiger charge is 2.11. The molecule has 0 aliphatic heterocycles. The zero-order chi connectivity index (χ0) is 10.8.